The Kier molecular flexibility index (Phi) is 3.43. The molecule has 2 aromatic carbocycles. The molecular weight excluding hydrogens is 319 g/mol. The van der Waals surface area contributed by atoms with E-state index >= 15 is 0 Å². The first kappa shape index (κ1) is 14.0. The Bertz CT molecular complexity index is 874. The Morgan fingerprint density at radius 3 is 2.48 bits per heavy atom. The van der Waals surface area contributed by atoms with E-state index in [-0.39, 0.29) is 16.5 Å². The summed E-state index contributed by atoms with van der Waals surface area (Å²) < 4.78 is 27.1. The second-order valence-corrected chi connectivity index (χ2v) is 5.28. The zero-order valence-corrected chi connectivity index (χ0v) is 11.9. The maximum atomic E-state index is 13.8. The summed E-state index contributed by atoms with van der Waals surface area (Å²) in [5.41, 5.74) is 1.16. The molecule has 0 aliphatic carbocycles. The third kappa shape index (κ3) is 2.30. The molecule has 6 heteroatoms. The minimum atomic E-state index is -0.764. The smallest absolute Gasteiger partial charge is 0.152 e. The Balaban J connectivity index is 2.34. The molecule has 0 atom stereocenters. The van der Waals surface area contributed by atoms with Gasteiger partial charge < -0.3 is 4.98 Å². The second kappa shape index (κ2) is 5.13. The number of hydrogen-bond acceptors (Lipinski definition) is 1. The van der Waals surface area contributed by atoms with Crippen LogP contribution >= 0.6 is 23.2 Å². The SMILES string of the molecule is O=Cc1c(-c2ccc(Cl)c(Cl)c2)[nH]c2c(F)cc(F)cc12. The van der Waals surface area contributed by atoms with Gasteiger partial charge in [-0.05, 0) is 18.2 Å². The first-order chi connectivity index (χ1) is 10.0. The topological polar surface area (TPSA) is 32.9 Å². The first-order valence-corrected chi connectivity index (χ1v) is 6.68. The van der Waals surface area contributed by atoms with E-state index in [4.69, 9.17) is 23.2 Å². The van der Waals surface area contributed by atoms with Gasteiger partial charge in [0.1, 0.15) is 11.6 Å². The number of aromatic amines is 1. The zero-order valence-electron chi connectivity index (χ0n) is 10.4. The molecule has 0 aliphatic rings. The molecule has 106 valence electrons. The van der Waals surface area contributed by atoms with Gasteiger partial charge in [-0.1, -0.05) is 29.3 Å². The summed E-state index contributed by atoms with van der Waals surface area (Å²) in [5, 5.41) is 0.848. The third-order valence-corrected chi connectivity index (χ3v) is 3.93. The van der Waals surface area contributed by atoms with Crippen LogP contribution in [0.5, 0.6) is 0 Å². The molecule has 0 saturated heterocycles. The number of nitrogens with one attached hydrogen (secondary N) is 1. The van der Waals surface area contributed by atoms with Crippen molar-refractivity contribution in [3.8, 4) is 11.3 Å². The molecule has 0 bridgehead atoms. The molecular formula is C15H7Cl2F2NO. The van der Waals surface area contributed by atoms with E-state index in [1.165, 1.54) is 0 Å². The Labute approximate surface area is 128 Å². The summed E-state index contributed by atoms with van der Waals surface area (Å²) in [7, 11) is 0. The molecule has 1 N–H and O–H groups in total. The lowest BCUT2D eigenvalue weighted by Crippen LogP contribution is -1.85. The Morgan fingerprint density at radius 2 is 1.81 bits per heavy atom. The summed E-state index contributed by atoms with van der Waals surface area (Å²) in [6, 6.07) is 6.62. The van der Waals surface area contributed by atoms with Crippen LogP contribution in [0.3, 0.4) is 0 Å². The fourth-order valence-electron chi connectivity index (χ4n) is 2.24. The molecule has 0 saturated carbocycles. The van der Waals surface area contributed by atoms with E-state index in [0.717, 1.165) is 12.1 Å². The Morgan fingerprint density at radius 1 is 1.05 bits per heavy atom. The number of aromatic nitrogens is 1. The number of carbonyl (C=O) groups excluding carboxylic acids is 1. The summed E-state index contributed by atoms with van der Waals surface area (Å²) in [5.74, 6) is -1.51. The largest absolute Gasteiger partial charge is 0.352 e. The van der Waals surface area contributed by atoms with Crippen molar-refractivity contribution in [3.05, 3.63) is 57.6 Å². The number of hydrogen-bond donors (Lipinski definition) is 1. The van der Waals surface area contributed by atoms with Crippen molar-refractivity contribution < 1.29 is 13.6 Å². The van der Waals surface area contributed by atoms with Crippen LogP contribution in [-0.4, -0.2) is 11.3 Å². The van der Waals surface area contributed by atoms with Crippen molar-refractivity contribution in [2.24, 2.45) is 0 Å². The number of carbonyl (C=O) groups is 1. The average molecular weight is 326 g/mol. The first-order valence-electron chi connectivity index (χ1n) is 5.92. The molecule has 0 unspecified atom stereocenters. The van der Waals surface area contributed by atoms with Crippen LogP contribution in [0, 0.1) is 11.6 Å². The summed E-state index contributed by atoms with van der Waals surface area (Å²) in [6.07, 6.45) is 0.551. The van der Waals surface area contributed by atoms with Gasteiger partial charge >= 0.3 is 0 Å². The van der Waals surface area contributed by atoms with Crippen molar-refractivity contribution >= 4 is 40.4 Å². The van der Waals surface area contributed by atoms with E-state index in [9.17, 15) is 13.6 Å². The second-order valence-electron chi connectivity index (χ2n) is 4.47. The number of fused-ring (bicyclic) bond motifs is 1. The van der Waals surface area contributed by atoms with Crippen molar-refractivity contribution in [3.63, 3.8) is 0 Å². The van der Waals surface area contributed by atoms with Gasteiger partial charge in [0.25, 0.3) is 0 Å². The van der Waals surface area contributed by atoms with Gasteiger partial charge in [0.05, 0.1) is 21.3 Å². The highest BCUT2D eigenvalue weighted by atomic mass is 35.5. The zero-order chi connectivity index (χ0) is 15.1. The molecule has 0 fully saturated rings. The minimum absolute atomic E-state index is 0.0690. The number of H-pyrrole nitrogens is 1. The quantitative estimate of drug-likeness (QED) is 0.643. The van der Waals surface area contributed by atoms with E-state index < -0.39 is 11.6 Å². The fourth-order valence-corrected chi connectivity index (χ4v) is 2.54. The van der Waals surface area contributed by atoms with Crippen molar-refractivity contribution in [1.29, 1.82) is 0 Å². The molecule has 1 heterocycles. The highest BCUT2D eigenvalue weighted by Crippen LogP contribution is 2.34. The standard InChI is InChI=1S/C15H7Cl2F2NO/c16-11-2-1-7(3-12(11)17)14-10(6-21)9-4-8(18)5-13(19)15(9)20-14/h1-6,20H. The lowest BCUT2D eigenvalue weighted by molar-refractivity contribution is 0.112. The predicted molar refractivity (Wildman–Crippen MR) is 79.1 cm³/mol. The fraction of sp³-hybridized carbons (Fsp3) is 0. The molecule has 2 nitrogen and oxygen atoms in total. The number of aldehydes is 1. The predicted octanol–water partition coefficient (Wildman–Crippen LogP) is 5.23. The maximum absolute atomic E-state index is 13.8. The number of rotatable bonds is 2. The number of halogens is 4. The van der Waals surface area contributed by atoms with Crippen LogP contribution in [0.4, 0.5) is 8.78 Å². The molecule has 0 spiro atoms. The molecule has 21 heavy (non-hydrogen) atoms. The van der Waals surface area contributed by atoms with Crippen molar-refractivity contribution in [2.45, 2.75) is 0 Å². The lowest BCUT2D eigenvalue weighted by atomic mass is 10.1. The van der Waals surface area contributed by atoms with Gasteiger partial charge in [-0.25, -0.2) is 8.78 Å². The van der Waals surface area contributed by atoms with Gasteiger partial charge in [0.2, 0.25) is 0 Å². The van der Waals surface area contributed by atoms with Gasteiger partial charge in [-0.3, -0.25) is 4.79 Å². The third-order valence-electron chi connectivity index (χ3n) is 3.19. The van der Waals surface area contributed by atoms with E-state index in [2.05, 4.69) is 4.98 Å². The molecule has 0 aliphatic heterocycles. The summed E-state index contributed by atoms with van der Waals surface area (Å²) >= 11 is 11.8. The van der Waals surface area contributed by atoms with Crippen molar-refractivity contribution in [1.82, 2.24) is 4.98 Å². The maximum Gasteiger partial charge on any atom is 0.152 e. The van der Waals surface area contributed by atoms with E-state index in [1.807, 2.05) is 0 Å². The van der Waals surface area contributed by atoms with Gasteiger partial charge in [0, 0.05) is 22.6 Å². The normalized spacial score (nSPS) is 11.0. The van der Waals surface area contributed by atoms with Gasteiger partial charge in [0.15, 0.2) is 6.29 Å². The van der Waals surface area contributed by atoms with Crippen LogP contribution in [0.2, 0.25) is 10.0 Å². The minimum Gasteiger partial charge on any atom is -0.352 e. The van der Waals surface area contributed by atoms with Gasteiger partial charge in [-0.15, -0.1) is 0 Å². The highest BCUT2D eigenvalue weighted by molar-refractivity contribution is 6.42. The summed E-state index contributed by atoms with van der Waals surface area (Å²) in [4.78, 5) is 14.1. The van der Waals surface area contributed by atoms with Crippen LogP contribution in [0.1, 0.15) is 10.4 Å². The molecule has 0 amide bonds. The number of benzene rings is 2. The monoisotopic (exact) mass is 325 g/mol. The van der Waals surface area contributed by atoms with Crippen LogP contribution in [0.25, 0.3) is 22.2 Å². The van der Waals surface area contributed by atoms with Crippen molar-refractivity contribution in [2.75, 3.05) is 0 Å². The lowest BCUT2D eigenvalue weighted by Gasteiger charge is -2.02. The molecule has 0 radical (unpaired) electrons. The van der Waals surface area contributed by atoms with Crippen LogP contribution < -0.4 is 0 Å². The van der Waals surface area contributed by atoms with Gasteiger partial charge in [-0.2, -0.15) is 0 Å². The summed E-state index contributed by atoms with van der Waals surface area (Å²) in [6.45, 7) is 0. The average Bonchev–Trinajstić information content (AvgIpc) is 2.80. The van der Waals surface area contributed by atoms with E-state index in [0.29, 0.717) is 27.6 Å². The highest BCUT2D eigenvalue weighted by Gasteiger charge is 2.17. The molecule has 3 rings (SSSR count). The molecule has 3 aromatic rings. The van der Waals surface area contributed by atoms with Crippen LogP contribution in [0.15, 0.2) is 30.3 Å². The van der Waals surface area contributed by atoms with Crippen LogP contribution in [-0.2, 0) is 0 Å². The Hall–Kier alpha value is -1.91. The molecule has 1 aromatic heterocycles. The van der Waals surface area contributed by atoms with E-state index in [1.54, 1.807) is 18.2 Å².